The van der Waals surface area contributed by atoms with E-state index in [9.17, 15) is 5.11 Å². The summed E-state index contributed by atoms with van der Waals surface area (Å²) in [6.45, 7) is 1.26. The average Bonchev–Trinajstić information content (AvgIpc) is 2.49. The fraction of sp³-hybridized carbons (Fsp3) is 0.188. The molecule has 104 valence electrons. The van der Waals surface area contributed by atoms with Gasteiger partial charge >= 0.3 is 0 Å². The van der Waals surface area contributed by atoms with Crippen LogP contribution in [-0.4, -0.2) is 28.3 Å². The van der Waals surface area contributed by atoms with Crippen molar-refractivity contribution in [1.82, 2.24) is 4.90 Å². The van der Waals surface area contributed by atoms with Crippen molar-refractivity contribution < 1.29 is 5.11 Å². The van der Waals surface area contributed by atoms with Crippen molar-refractivity contribution in [2.45, 2.75) is 6.54 Å². The summed E-state index contributed by atoms with van der Waals surface area (Å²) in [6, 6.07) is 19.9. The zero-order valence-corrected chi connectivity index (χ0v) is 12.0. The number of para-hydroxylation sites is 1. The number of nitrogens with zero attached hydrogens (tertiary/aromatic N) is 1. The molecule has 0 saturated heterocycles. The largest absolute Gasteiger partial charge is 0.395 e. The molecular weight excluding hydrogens is 268 g/mol. The molecule has 0 aliphatic rings. The van der Waals surface area contributed by atoms with Gasteiger partial charge in [-0.05, 0) is 29.9 Å². The lowest BCUT2D eigenvalue weighted by Crippen LogP contribution is -2.36. The highest BCUT2D eigenvalue weighted by Crippen LogP contribution is 2.09. The molecule has 0 radical (unpaired) electrons. The fourth-order valence-corrected chi connectivity index (χ4v) is 2.17. The molecule has 2 aromatic rings. The Morgan fingerprint density at radius 2 is 1.60 bits per heavy atom. The van der Waals surface area contributed by atoms with Crippen molar-refractivity contribution >= 4 is 23.0 Å². The predicted octanol–water partition coefficient (Wildman–Crippen LogP) is 2.88. The monoisotopic (exact) mass is 286 g/mol. The number of thiocarbonyl (C=S) groups is 1. The highest BCUT2D eigenvalue weighted by atomic mass is 32.1. The third-order valence-corrected chi connectivity index (χ3v) is 3.26. The van der Waals surface area contributed by atoms with Gasteiger partial charge in [0.25, 0.3) is 0 Å². The van der Waals surface area contributed by atoms with Crippen LogP contribution in [0.25, 0.3) is 0 Å². The van der Waals surface area contributed by atoms with Gasteiger partial charge in [0.05, 0.1) is 6.61 Å². The highest BCUT2D eigenvalue weighted by Gasteiger charge is 2.09. The molecule has 4 heteroatoms. The van der Waals surface area contributed by atoms with E-state index in [1.54, 1.807) is 0 Å². The van der Waals surface area contributed by atoms with Gasteiger partial charge in [-0.15, -0.1) is 0 Å². The molecular formula is C16H18N2OS. The van der Waals surface area contributed by atoms with Crippen LogP contribution in [0.15, 0.2) is 60.7 Å². The topological polar surface area (TPSA) is 35.5 Å². The van der Waals surface area contributed by atoms with Gasteiger partial charge in [0, 0.05) is 18.8 Å². The zero-order chi connectivity index (χ0) is 14.2. The molecule has 0 bridgehead atoms. The molecule has 0 fully saturated rings. The summed E-state index contributed by atoms with van der Waals surface area (Å²) < 4.78 is 0. The summed E-state index contributed by atoms with van der Waals surface area (Å²) in [5.41, 5.74) is 2.12. The fourth-order valence-electron chi connectivity index (χ4n) is 1.90. The molecule has 0 aromatic heterocycles. The van der Waals surface area contributed by atoms with Gasteiger partial charge in [-0.1, -0.05) is 48.5 Å². The molecule has 20 heavy (non-hydrogen) atoms. The number of hydrogen-bond acceptors (Lipinski definition) is 2. The Morgan fingerprint density at radius 1 is 1.00 bits per heavy atom. The molecule has 2 aromatic carbocycles. The van der Waals surface area contributed by atoms with E-state index in [1.165, 1.54) is 0 Å². The van der Waals surface area contributed by atoms with E-state index in [0.29, 0.717) is 18.2 Å². The highest BCUT2D eigenvalue weighted by molar-refractivity contribution is 7.80. The van der Waals surface area contributed by atoms with Crippen molar-refractivity contribution in [3.63, 3.8) is 0 Å². The van der Waals surface area contributed by atoms with Gasteiger partial charge in [0.1, 0.15) is 0 Å². The van der Waals surface area contributed by atoms with Gasteiger partial charge in [0.15, 0.2) is 5.11 Å². The maximum atomic E-state index is 9.20. The van der Waals surface area contributed by atoms with Crippen LogP contribution in [0.4, 0.5) is 5.69 Å². The third-order valence-electron chi connectivity index (χ3n) is 2.90. The first-order valence-electron chi connectivity index (χ1n) is 6.55. The van der Waals surface area contributed by atoms with E-state index in [1.807, 2.05) is 53.4 Å². The number of rotatable bonds is 5. The Bertz CT molecular complexity index is 531. The van der Waals surface area contributed by atoms with Crippen LogP contribution in [0.3, 0.4) is 0 Å². The molecule has 0 amide bonds. The smallest absolute Gasteiger partial charge is 0.173 e. The summed E-state index contributed by atoms with van der Waals surface area (Å²) in [4.78, 5) is 1.96. The van der Waals surface area contributed by atoms with Crippen molar-refractivity contribution in [2.75, 3.05) is 18.5 Å². The number of nitrogens with one attached hydrogen (secondary N) is 1. The Morgan fingerprint density at radius 3 is 2.20 bits per heavy atom. The van der Waals surface area contributed by atoms with Gasteiger partial charge in [-0.2, -0.15) is 0 Å². The molecule has 2 rings (SSSR count). The summed E-state index contributed by atoms with van der Waals surface area (Å²) >= 11 is 5.43. The van der Waals surface area contributed by atoms with Crippen molar-refractivity contribution in [2.24, 2.45) is 0 Å². The van der Waals surface area contributed by atoms with Crippen LogP contribution >= 0.6 is 12.2 Å². The Balaban J connectivity index is 2.02. The van der Waals surface area contributed by atoms with Crippen LogP contribution in [0.5, 0.6) is 0 Å². The van der Waals surface area contributed by atoms with Gasteiger partial charge in [-0.3, -0.25) is 0 Å². The zero-order valence-electron chi connectivity index (χ0n) is 11.2. The molecule has 0 atom stereocenters. The third kappa shape index (κ3) is 4.33. The Kier molecular flexibility index (Phi) is 5.53. The Labute approximate surface area is 124 Å². The van der Waals surface area contributed by atoms with Crippen LogP contribution in [0.1, 0.15) is 5.56 Å². The van der Waals surface area contributed by atoms with E-state index >= 15 is 0 Å². The summed E-state index contributed by atoms with van der Waals surface area (Å²) in [5.74, 6) is 0. The first kappa shape index (κ1) is 14.5. The molecule has 0 saturated carbocycles. The van der Waals surface area contributed by atoms with Gasteiger partial charge in [0.2, 0.25) is 0 Å². The molecule has 3 nitrogen and oxygen atoms in total. The maximum absolute atomic E-state index is 9.20. The number of benzene rings is 2. The van der Waals surface area contributed by atoms with Gasteiger partial charge in [-0.25, -0.2) is 0 Å². The quantitative estimate of drug-likeness (QED) is 0.829. The number of hydrogen-bond donors (Lipinski definition) is 2. The summed E-state index contributed by atoms with van der Waals surface area (Å²) in [6.07, 6.45) is 0. The van der Waals surface area contributed by atoms with Crippen molar-refractivity contribution in [3.05, 3.63) is 66.2 Å². The van der Waals surface area contributed by atoms with Crippen LogP contribution in [-0.2, 0) is 6.54 Å². The maximum Gasteiger partial charge on any atom is 0.173 e. The molecule has 0 unspecified atom stereocenters. The van der Waals surface area contributed by atoms with Crippen LogP contribution in [0, 0.1) is 0 Å². The summed E-state index contributed by atoms with van der Waals surface area (Å²) in [5, 5.41) is 13.0. The molecule has 0 aliphatic carbocycles. The van der Waals surface area contributed by atoms with Crippen LogP contribution < -0.4 is 5.32 Å². The van der Waals surface area contributed by atoms with Gasteiger partial charge < -0.3 is 15.3 Å². The predicted molar refractivity (Wildman–Crippen MR) is 86.6 cm³/mol. The molecule has 0 spiro atoms. The summed E-state index contributed by atoms with van der Waals surface area (Å²) in [7, 11) is 0. The normalized spacial score (nSPS) is 10.1. The standard InChI is InChI=1S/C16H18N2OS/c19-12-11-18(13-14-7-3-1-4-8-14)16(20)17-15-9-5-2-6-10-15/h1-10,19H,11-13H2,(H,17,20). The minimum absolute atomic E-state index is 0.0729. The van der Waals surface area contributed by atoms with E-state index in [4.69, 9.17) is 12.2 Å². The van der Waals surface area contributed by atoms with E-state index < -0.39 is 0 Å². The van der Waals surface area contributed by atoms with E-state index in [0.717, 1.165) is 11.3 Å². The second-order valence-electron chi connectivity index (χ2n) is 4.43. The number of anilines is 1. The second kappa shape index (κ2) is 7.62. The first-order chi connectivity index (χ1) is 9.79. The molecule has 0 aliphatic heterocycles. The lowest BCUT2D eigenvalue weighted by molar-refractivity contribution is 0.248. The lowest BCUT2D eigenvalue weighted by Gasteiger charge is -2.25. The first-order valence-corrected chi connectivity index (χ1v) is 6.96. The van der Waals surface area contributed by atoms with Crippen LogP contribution in [0.2, 0.25) is 0 Å². The van der Waals surface area contributed by atoms with E-state index in [2.05, 4.69) is 17.4 Å². The Hall–Kier alpha value is -1.91. The second-order valence-corrected chi connectivity index (χ2v) is 4.81. The average molecular weight is 286 g/mol. The lowest BCUT2D eigenvalue weighted by atomic mass is 10.2. The van der Waals surface area contributed by atoms with Crippen molar-refractivity contribution in [1.29, 1.82) is 0 Å². The number of aliphatic hydroxyl groups is 1. The van der Waals surface area contributed by atoms with Crippen molar-refractivity contribution in [3.8, 4) is 0 Å². The number of aliphatic hydroxyl groups excluding tert-OH is 1. The SMILES string of the molecule is OCCN(Cc1ccccc1)C(=S)Nc1ccccc1. The minimum Gasteiger partial charge on any atom is -0.395 e. The molecule has 0 heterocycles. The van der Waals surface area contributed by atoms with E-state index in [-0.39, 0.29) is 6.61 Å². The molecule has 2 N–H and O–H groups in total. The minimum atomic E-state index is 0.0729.